The van der Waals surface area contributed by atoms with Crippen LogP contribution < -0.4 is 14.2 Å². The third-order valence-corrected chi connectivity index (χ3v) is 10.8. The summed E-state index contributed by atoms with van der Waals surface area (Å²) >= 11 is 0. The normalized spacial score (nSPS) is 18.1. The number of imidazole rings is 1. The number of aromatic nitrogens is 3. The smallest absolute Gasteiger partial charge is 0.254 e. The molecular formula is C41H44FN5O5. The first-order valence-electron chi connectivity index (χ1n) is 17.8. The molecule has 5 aromatic rings. The van der Waals surface area contributed by atoms with Crippen molar-refractivity contribution in [1.82, 2.24) is 24.3 Å². The van der Waals surface area contributed by atoms with Crippen molar-refractivity contribution in [2.24, 2.45) is 5.92 Å². The van der Waals surface area contributed by atoms with E-state index in [9.17, 15) is 14.0 Å². The van der Waals surface area contributed by atoms with Gasteiger partial charge in [0.1, 0.15) is 5.82 Å². The van der Waals surface area contributed by atoms with Gasteiger partial charge in [-0.2, -0.15) is 0 Å². The van der Waals surface area contributed by atoms with Crippen molar-refractivity contribution in [2.45, 2.75) is 37.6 Å². The molecule has 2 saturated heterocycles. The minimum absolute atomic E-state index is 0.0570. The first-order valence-corrected chi connectivity index (χ1v) is 17.8. The van der Waals surface area contributed by atoms with E-state index in [-0.39, 0.29) is 28.8 Å². The van der Waals surface area contributed by atoms with Gasteiger partial charge in [0.15, 0.2) is 17.3 Å². The van der Waals surface area contributed by atoms with E-state index in [1.54, 1.807) is 51.8 Å². The Bertz CT molecular complexity index is 2020. The number of pyridine rings is 1. The zero-order chi connectivity index (χ0) is 36.2. The second-order valence-electron chi connectivity index (χ2n) is 13.8. The monoisotopic (exact) mass is 705 g/mol. The van der Waals surface area contributed by atoms with E-state index in [1.807, 2.05) is 46.0 Å². The number of carbonyl (C=O) groups is 2. The van der Waals surface area contributed by atoms with Gasteiger partial charge in [0.2, 0.25) is 11.5 Å². The molecule has 0 saturated carbocycles. The lowest BCUT2D eigenvalue weighted by Gasteiger charge is -2.35. The summed E-state index contributed by atoms with van der Waals surface area (Å²) in [5.74, 6) is 1.33. The topological polar surface area (TPSA) is 99.0 Å². The summed E-state index contributed by atoms with van der Waals surface area (Å²) in [7, 11) is 4.63. The number of hydrogen-bond donors (Lipinski definition) is 0. The number of Topliss-reactive ketones (excluding diaryl/α,β-unsaturated/α-hetero) is 1. The number of carbonyl (C=O) groups excluding carboxylic acids is 2. The summed E-state index contributed by atoms with van der Waals surface area (Å²) in [6.07, 6.45) is 6.85. The molecule has 2 aromatic heterocycles. The molecule has 0 unspecified atom stereocenters. The highest BCUT2D eigenvalue weighted by Gasteiger charge is 2.42. The maximum atomic E-state index is 14.0. The van der Waals surface area contributed by atoms with E-state index in [0.29, 0.717) is 48.3 Å². The molecular weight excluding hydrogens is 661 g/mol. The summed E-state index contributed by atoms with van der Waals surface area (Å²) in [6.45, 7) is 4.05. The van der Waals surface area contributed by atoms with E-state index in [2.05, 4.69) is 16.0 Å². The third-order valence-electron chi connectivity index (χ3n) is 10.8. The van der Waals surface area contributed by atoms with Crippen LogP contribution in [0.25, 0.3) is 11.0 Å². The van der Waals surface area contributed by atoms with Gasteiger partial charge in [-0.05, 0) is 98.9 Å². The average Bonchev–Trinajstić information content (AvgIpc) is 3.80. The number of piperidine rings is 1. The Morgan fingerprint density at radius 2 is 1.63 bits per heavy atom. The van der Waals surface area contributed by atoms with Gasteiger partial charge >= 0.3 is 0 Å². The zero-order valence-electron chi connectivity index (χ0n) is 29.9. The predicted molar refractivity (Wildman–Crippen MR) is 196 cm³/mol. The van der Waals surface area contributed by atoms with E-state index in [0.717, 1.165) is 67.5 Å². The number of rotatable bonds is 12. The molecule has 0 bridgehead atoms. The van der Waals surface area contributed by atoms with Crippen molar-refractivity contribution in [3.8, 4) is 17.2 Å². The van der Waals surface area contributed by atoms with Gasteiger partial charge in [0.05, 0.1) is 32.4 Å². The number of likely N-dealkylation sites (tertiary alicyclic amines) is 2. The number of para-hydroxylation sites is 2. The maximum Gasteiger partial charge on any atom is 0.254 e. The van der Waals surface area contributed by atoms with E-state index >= 15 is 0 Å². The maximum absolute atomic E-state index is 14.0. The average molecular weight is 706 g/mol. The number of fused-ring (bicyclic) bond motifs is 1. The second-order valence-corrected chi connectivity index (χ2v) is 13.8. The van der Waals surface area contributed by atoms with Crippen molar-refractivity contribution in [3.63, 3.8) is 0 Å². The number of ketones is 1. The molecule has 11 heteroatoms. The molecule has 7 rings (SSSR count). The van der Waals surface area contributed by atoms with Gasteiger partial charge in [-0.3, -0.25) is 14.6 Å². The summed E-state index contributed by atoms with van der Waals surface area (Å²) < 4.78 is 32.1. The lowest BCUT2D eigenvalue weighted by Crippen LogP contribution is -2.41. The van der Waals surface area contributed by atoms with Crippen molar-refractivity contribution in [2.75, 3.05) is 54.1 Å². The third kappa shape index (κ3) is 6.97. The first-order chi connectivity index (χ1) is 25.3. The molecule has 3 aromatic carbocycles. The van der Waals surface area contributed by atoms with Gasteiger partial charge in [-0.15, -0.1) is 0 Å². The molecule has 4 heterocycles. The van der Waals surface area contributed by atoms with Gasteiger partial charge < -0.3 is 28.6 Å². The minimum atomic E-state index is -0.289. The Morgan fingerprint density at radius 1 is 0.904 bits per heavy atom. The molecule has 1 atom stereocenters. The van der Waals surface area contributed by atoms with Crippen molar-refractivity contribution < 1.29 is 28.2 Å². The number of ether oxygens (including phenoxy) is 3. The number of nitrogens with zero attached hydrogens (tertiary/aromatic N) is 5. The van der Waals surface area contributed by atoms with Gasteiger partial charge in [-0.1, -0.05) is 30.3 Å². The van der Waals surface area contributed by atoms with Crippen molar-refractivity contribution in [3.05, 3.63) is 114 Å². The lowest BCUT2D eigenvalue weighted by molar-refractivity contribution is 0.0777. The van der Waals surface area contributed by atoms with Crippen LogP contribution in [0.5, 0.6) is 17.2 Å². The van der Waals surface area contributed by atoms with Crippen LogP contribution in [0.4, 0.5) is 4.39 Å². The van der Waals surface area contributed by atoms with Crippen LogP contribution in [0.15, 0.2) is 85.2 Å². The van der Waals surface area contributed by atoms with Gasteiger partial charge in [0.25, 0.3) is 5.91 Å². The lowest BCUT2D eigenvalue weighted by atomic mass is 9.77. The van der Waals surface area contributed by atoms with Crippen LogP contribution in [0.2, 0.25) is 0 Å². The predicted octanol–water partition coefficient (Wildman–Crippen LogP) is 6.41. The molecule has 0 aliphatic carbocycles. The Hall–Kier alpha value is -5.29. The largest absolute Gasteiger partial charge is 0.493 e. The number of amides is 1. The summed E-state index contributed by atoms with van der Waals surface area (Å²) in [5, 5.41) is 0. The number of halogens is 1. The zero-order valence-corrected chi connectivity index (χ0v) is 29.9. The van der Waals surface area contributed by atoms with Crippen molar-refractivity contribution >= 4 is 22.7 Å². The highest BCUT2D eigenvalue weighted by molar-refractivity contribution is 5.98. The van der Waals surface area contributed by atoms with Crippen LogP contribution in [-0.4, -0.2) is 90.1 Å². The molecule has 0 spiro atoms. The summed E-state index contributed by atoms with van der Waals surface area (Å²) in [4.78, 5) is 41.6. The Morgan fingerprint density at radius 3 is 2.31 bits per heavy atom. The van der Waals surface area contributed by atoms with Crippen molar-refractivity contribution in [1.29, 1.82) is 0 Å². The summed E-state index contributed by atoms with van der Waals surface area (Å²) in [6, 6.07) is 21.7. The highest BCUT2D eigenvalue weighted by Crippen LogP contribution is 2.41. The second kappa shape index (κ2) is 15.1. The van der Waals surface area contributed by atoms with Crippen LogP contribution in [0.3, 0.4) is 0 Å². The SMILES string of the molecule is COc1cc(C(=O)N2CC[C@@](CCN3CCC(C(=O)c4nc5ccccc5n4Cc4ccc(F)cc4)CC3)(c3cccnc3)C2)cc(OC)c1OC. The quantitative estimate of drug-likeness (QED) is 0.137. The standard InChI is InChI=1S/C41H44FN5O5/c1-50-35-23-30(24-36(51-2)38(35)52-3)40(49)46-22-17-41(27-46,31-7-6-18-43-25-31)16-21-45-19-14-29(15-20-45)37(48)39-44-33-8-4-5-9-34(33)47(39)26-28-10-12-32(42)13-11-28/h4-13,18,23-25,29H,14-17,19-22,26-27H2,1-3H3/t41-/m1/s1. The number of methoxy groups -OCH3 is 3. The molecule has 0 radical (unpaired) electrons. The molecule has 10 nitrogen and oxygen atoms in total. The fourth-order valence-corrected chi connectivity index (χ4v) is 7.86. The molecule has 2 fully saturated rings. The van der Waals surface area contributed by atoms with Gasteiger partial charge in [0, 0.05) is 48.9 Å². The Kier molecular flexibility index (Phi) is 10.2. The number of hydrogen-bond acceptors (Lipinski definition) is 8. The van der Waals surface area contributed by atoms with Crippen LogP contribution >= 0.6 is 0 Å². The first kappa shape index (κ1) is 35.1. The van der Waals surface area contributed by atoms with Gasteiger partial charge in [-0.25, -0.2) is 9.37 Å². The Balaban J connectivity index is 1.03. The van der Waals surface area contributed by atoms with Crippen LogP contribution in [-0.2, 0) is 12.0 Å². The molecule has 270 valence electrons. The molecule has 2 aliphatic rings. The number of benzene rings is 3. The Labute approximate surface area is 303 Å². The highest BCUT2D eigenvalue weighted by atomic mass is 19.1. The fourth-order valence-electron chi connectivity index (χ4n) is 7.86. The molecule has 52 heavy (non-hydrogen) atoms. The minimum Gasteiger partial charge on any atom is -0.493 e. The van der Waals surface area contributed by atoms with Crippen LogP contribution in [0.1, 0.15) is 57.8 Å². The summed E-state index contributed by atoms with van der Waals surface area (Å²) in [5.41, 5.74) is 3.92. The van der Waals surface area contributed by atoms with E-state index in [4.69, 9.17) is 19.2 Å². The fraction of sp³-hybridized carbons (Fsp3) is 0.366. The van der Waals surface area contributed by atoms with Crippen LogP contribution in [0, 0.1) is 11.7 Å². The van der Waals surface area contributed by atoms with E-state index in [1.165, 1.54) is 12.1 Å². The molecule has 1 amide bonds. The molecule has 0 N–H and O–H groups in total. The molecule has 2 aliphatic heterocycles. The van der Waals surface area contributed by atoms with E-state index < -0.39 is 0 Å².